The fourth-order valence-electron chi connectivity index (χ4n) is 3.57. The van der Waals surface area contributed by atoms with Crippen molar-refractivity contribution in [3.05, 3.63) is 15.6 Å². The second-order valence-corrected chi connectivity index (χ2v) is 7.26. The summed E-state index contributed by atoms with van der Waals surface area (Å²) in [6.07, 6.45) is 6.75. The second-order valence-electron chi connectivity index (χ2n) is 6.05. The van der Waals surface area contributed by atoms with Gasteiger partial charge in [-0.15, -0.1) is 11.3 Å². The third kappa shape index (κ3) is 1.92. The molecule has 0 amide bonds. The smallest absolute Gasteiger partial charge is 0.114 e. The minimum absolute atomic E-state index is 0.225. The molecular formula is C15H24N2S. The van der Waals surface area contributed by atoms with E-state index in [1.165, 1.54) is 47.7 Å². The molecule has 2 saturated carbocycles. The monoisotopic (exact) mass is 264 g/mol. The van der Waals surface area contributed by atoms with E-state index >= 15 is 0 Å². The van der Waals surface area contributed by atoms with Gasteiger partial charge in [0.25, 0.3) is 0 Å². The van der Waals surface area contributed by atoms with Gasteiger partial charge in [-0.2, -0.15) is 0 Å². The summed E-state index contributed by atoms with van der Waals surface area (Å²) in [6.45, 7) is 7.74. The Balaban J connectivity index is 1.93. The Hall–Kier alpha value is -0.410. The molecule has 0 aromatic carbocycles. The van der Waals surface area contributed by atoms with E-state index in [2.05, 4.69) is 26.1 Å². The topological polar surface area (TPSA) is 24.9 Å². The van der Waals surface area contributed by atoms with Gasteiger partial charge in [-0.1, -0.05) is 19.8 Å². The van der Waals surface area contributed by atoms with Crippen LogP contribution in [0.1, 0.15) is 54.6 Å². The summed E-state index contributed by atoms with van der Waals surface area (Å²) in [4.78, 5) is 6.29. The molecule has 0 bridgehead atoms. The van der Waals surface area contributed by atoms with E-state index in [-0.39, 0.29) is 5.54 Å². The van der Waals surface area contributed by atoms with Crippen molar-refractivity contribution < 1.29 is 0 Å². The van der Waals surface area contributed by atoms with Crippen molar-refractivity contribution in [3.8, 4) is 0 Å². The first kappa shape index (κ1) is 12.6. The lowest BCUT2D eigenvalue weighted by atomic mass is 9.81. The van der Waals surface area contributed by atoms with Crippen LogP contribution in [-0.2, 0) is 5.54 Å². The third-order valence-corrected chi connectivity index (χ3v) is 6.05. The van der Waals surface area contributed by atoms with Crippen molar-refractivity contribution in [3.63, 3.8) is 0 Å². The fraction of sp³-hybridized carbons (Fsp3) is 0.800. The van der Waals surface area contributed by atoms with Crippen molar-refractivity contribution >= 4 is 11.3 Å². The van der Waals surface area contributed by atoms with Gasteiger partial charge >= 0.3 is 0 Å². The maximum absolute atomic E-state index is 4.89. The molecule has 2 aliphatic carbocycles. The minimum Gasteiger partial charge on any atom is -0.305 e. The van der Waals surface area contributed by atoms with E-state index in [0.717, 1.165) is 18.4 Å². The quantitative estimate of drug-likeness (QED) is 0.895. The lowest BCUT2D eigenvalue weighted by Gasteiger charge is -2.37. The van der Waals surface area contributed by atoms with Gasteiger partial charge < -0.3 is 5.32 Å². The molecule has 1 heterocycles. The highest BCUT2D eigenvalue weighted by atomic mass is 32.1. The Morgan fingerprint density at radius 1 is 1.44 bits per heavy atom. The van der Waals surface area contributed by atoms with Gasteiger partial charge in [0.1, 0.15) is 5.01 Å². The molecule has 0 spiro atoms. The summed E-state index contributed by atoms with van der Waals surface area (Å²) in [5.41, 5.74) is 1.46. The number of nitrogens with zero attached hydrogens (tertiary/aromatic N) is 1. The summed E-state index contributed by atoms with van der Waals surface area (Å²) in [6, 6.07) is 0. The Bertz CT molecular complexity index is 420. The van der Waals surface area contributed by atoms with Crippen LogP contribution in [0.15, 0.2) is 0 Å². The van der Waals surface area contributed by atoms with Crippen LogP contribution >= 0.6 is 11.3 Å². The highest BCUT2D eigenvalue weighted by Crippen LogP contribution is 2.59. The van der Waals surface area contributed by atoms with E-state index in [9.17, 15) is 0 Å². The molecular weight excluding hydrogens is 240 g/mol. The Morgan fingerprint density at radius 2 is 2.28 bits per heavy atom. The summed E-state index contributed by atoms with van der Waals surface area (Å²) < 4.78 is 0. The number of hydrogen-bond acceptors (Lipinski definition) is 3. The average molecular weight is 264 g/mol. The number of rotatable bonds is 4. The summed E-state index contributed by atoms with van der Waals surface area (Å²) in [5.74, 6) is 1.84. The summed E-state index contributed by atoms with van der Waals surface area (Å²) >= 11 is 1.93. The first-order chi connectivity index (χ1) is 8.67. The zero-order valence-corrected chi connectivity index (χ0v) is 12.6. The molecule has 1 aromatic heterocycles. The van der Waals surface area contributed by atoms with E-state index in [1.54, 1.807) is 0 Å². The SMILES string of the molecule is CCCNC1(c2nc(C)c(C)s2)CCCC2CC21. The first-order valence-corrected chi connectivity index (χ1v) is 8.18. The van der Waals surface area contributed by atoms with Crippen LogP contribution < -0.4 is 5.32 Å². The predicted molar refractivity (Wildman–Crippen MR) is 77.0 cm³/mol. The van der Waals surface area contributed by atoms with Gasteiger partial charge in [-0.25, -0.2) is 4.98 Å². The minimum atomic E-state index is 0.225. The first-order valence-electron chi connectivity index (χ1n) is 7.37. The lowest BCUT2D eigenvalue weighted by molar-refractivity contribution is 0.213. The molecule has 3 rings (SSSR count). The van der Waals surface area contributed by atoms with Crippen LogP contribution in [0.4, 0.5) is 0 Å². The molecule has 2 aliphatic rings. The number of fused-ring (bicyclic) bond motifs is 1. The maximum atomic E-state index is 4.89. The van der Waals surface area contributed by atoms with E-state index in [0.29, 0.717) is 0 Å². The zero-order valence-electron chi connectivity index (χ0n) is 11.8. The van der Waals surface area contributed by atoms with Gasteiger partial charge in [0, 0.05) is 4.88 Å². The van der Waals surface area contributed by atoms with Crippen LogP contribution in [0, 0.1) is 25.7 Å². The molecule has 100 valence electrons. The highest BCUT2D eigenvalue weighted by Gasteiger charge is 2.56. The van der Waals surface area contributed by atoms with Crippen molar-refractivity contribution in [2.45, 2.75) is 58.4 Å². The van der Waals surface area contributed by atoms with E-state index in [4.69, 9.17) is 4.98 Å². The summed E-state index contributed by atoms with van der Waals surface area (Å²) in [7, 11) is 0. The largest absolute Gasteiger partial charge is 0.305 e. The van der Waals surface area contributed by atoms with Crippen molar-refractivity contribution in [1.82, 2.24) is 10.3 Å². The van der Waals surface area contributed by atoms with E-state index < -0.39 is 0 Å². The number of aromatic nitrogens is 1. The molecule has 0 aliphatic heterocycles. The lowest BCUT2D eigenvalue weighted by Crippen LogP contribution is -2.46. The summed E-state index contributed by atoms with van der Waals surface area (Å²) in [5, 5.41) is 5.25. The standard InChI is InChI=1S/C15H24N2S/c1-4-8-16-15(7-5-6-12-9-13(12)15)14-17-10(2)11(3)18-14/h12-13,16H,4-9H2,1-3H3. The molecule has 3 unspecified atom stereocenters. The van der Waals surface area contributed by atoms with Crippen molar-refractivity contribution in [2.75, 3.05) is 6.54 Å². The average Bonchev–Trinajstić information content (AvgIpc) is 3.08. The third-order valence-electron chi connectivity index (χ3n) is 4.80. The number of hydrogen-bond donors (Lipinski definition) is 1. The highest BCUT2D eigenvalue weighted by molar-refractivity contribution is 7.11. The Labute approximate surface area is 114 Å². The molecule has 0 radical (unpaired) electrons. The normalized spacial score (nSPS) is 34.4. The molecule has 3 heteroatoms. The van der Waals surface area contributed by atoms with Crippen LogP contribution in [-0.4, -0.2) is 11.5 Å². The van der Waals surface area contributed by atoms with Crippen LogP contribution in [0.3, 0.4) is 0 Å². The van der Waals surface area contributed by atoms with Crippen molar-refractivity contribution in [1.29, 1.82) is 0 Å². The molecule has 2 nitrogen and oxygen atoms in total. The molecule has 0 saturated heterocycles. The van der Waals surface area contributed by atoms with E-state index in [1.807, 2.05) is 11.3 Å². The fourth-order valence-corrected chi connectivity index (χ4v) is 4.74. The van der Waals surface area contributed by atoms with Crippen LogP contribution in [0.25, 0.3) is 0 Å². The van der Waals surface area contributed by atoms with Crippen LogP contribution in [0.5, 0.6) is 0 Å². The predicted octanol–water partition coefficient (Wildman–Crippen LogP) is 3.77. The second kappa shape index (κ2) is 4.61. The number of thiazole rings is 1. The Kier molecular flexibility index (Phi) is 3.23. The van der Waals surface area contributed by atoms with Crippen molar-refractivity contribution in [2.24, 2.45) is 11.8 Å². The van der Waals surface area contributed by atoms with Gasteiger partial charge in [-0.05, 0) is 51.5 Å². The molecule has 1 N–H and O–H groups in total. The number of aryl methyl sites for hydroxylation is 2. The zero-order chi connectivity index (χ0) is 12.8. The van der Waals surface area contributed by atoms with Gasteiger partial charge in [0.2, 0.25) is 0 Å². The molecule has 3 atom stereocenters. The molecule has 18 heavy (non-hydrogen) atoms. The van der Waals surface area contributed by atoms with Gasteiger partial charge in [0.15, 0.2) is 0 Å². The van der Waals surface area contributed by atoms with Gasteiger partial charge in [0.05, 0.1) is 11.2 Å². The maximum Gasteiger partial charge on any atom is 0.114 e. The molecule has 1 aromatic rings. The molecule has 2 fully saturated rings. The Morgan fingerprint density at radius 3 is 2.94 bits per heavy atom. The van der Waals surface area contributed by atoms with Gasteiger partial charge in [-0.3, -0.25) is 0 Å². The van der Waals surface area contributed by atoms with Crippen LogP contribution in [0.2, 0.25) is 0 Å². The number of nitrogens with one attached hydrogen (secondary N) is 1.